The van der Waals surface area contributed by atoms with Crippen molar-refractivity contribution in [1.29, 1.82) is 0 Å². The Balaban J connectivity index is 2.60. The van der Waals surface area contributed by atoms with Crippen molar-refractivity contribution >= 4 is 11.4 Å². The molecule has 4 heteroatoms. The number of ether oxygens (including phenoxy) is 1. The number of para-hydroxylation sites is 1. The average Bonchev–Trinajstić information content (AvgIpc) is 2.28. The van der Waals surface area contributed by atoms with Crippen LogP contribution in [0.2, 0.25) is 0 Å². The standard InChI is InChI=1S/C15H26N2O2/c1-5-19-13-8-6-7-12(14(13)16)17-10-11(18)9-15(2,3)4/h6-8,11,17-18H,5,9-10,16H2,1-4H3. The van der Waals surface area contributed by atoms with E-state index in [1.54, 1.807) is 0 Å². The van der Waals surface area contributed by atoms with Gasteiger partial charge in [-0.2, -0.15) is 0 Å². The topological polar surface area (TPSA) is 67.5 Å². The van der Waals surface area contributed by atoms with Gasteiger partial charge in [0.15, 0.2) is 0 Å². The summed E-state index contributed by atoms with van der Waals surface area (Å²) in [7, 11) is 0. The van der Waals surface area contributed by atoms with Gasteiger partial charge >= 0.3 is 0 Å². The first-order chi connectivity index (χ1) is 8.83. The predicted octanol–water partition coefficient (Wildman–Crippen LogP) is 2.88. The van der Waals surface area contributed by atoms with Gasteiger partial charge in [0.1, 0.15) is 5.75 Å². The average molecular weight is 266 g/mol. The maximum atomic E-state index is 9.98. The summed E-state index contributed by atoms with van der Waals surface area (Å²) in [5.41, 5.74) is 7.52. The van der Waals surface area contributed by atoms with Crippen molar-refractivity contribution in [3.63, 3.8) is 0 Å². The van der Waals surface area contributed by atoms with Crippen LogP contribution in [0.15, 0.2) is 18.2 Å². The molecule has 0 aliphatic rings. The van der Waals surface area contributed by atoms with Crippen molar-refractivity contribution in [2.75, 3.05) is 24.2 Å². The second kappa shape index (κ2) is 6.66. The first-order valence-electron chi connectivity index (χ1n) is 6.76. The van der Waals surface area contributed by atoms with Gasteiger partial charge in [-0.05, 0) is 30.9 Å². The lowest BCUT2D eigenvalue weighted by molar-refractivity contribution is 0.132. The Bertz CT molecular complexity index is 400. The molecule has 0 heterocycles. The van der Waals surface area contributed by atoms with E-state index < -0.39 is 6.10 Å². The highest BCUT2D eigenvalue weighted by atomic mass is 16.5. The first kappa shape index (κ1) is 15.6. The van der Waals surface area contributed by atoms with E-state index in [-0.39, 0.29) is 5.41 Å². The maximum Gasteiger partial charge on any atom is 0.144 e. The van der Waals surface area contributed by atoms with Crippen LogP contribution < -0.4 is 15.8 Å². The van der Waals surface area contributed by atoms with Crippen LogP contribution in [0.4, 0.5) is 11.4 Å². The summed E-state index contributed by atoms with van der Waals surface area (Å²) in [4.78, 5) is 0. The third-order valence-corrected chi connectivity index (χ3v) is 2.74. The van der Waals surface area contributed by atoms with Gasteiger partial charge in [-0.1, -0.05) is 26.8 Å². The number of nitrogens with one attached hydrogen (secondary N) is 1. The van der Waals surface area contributed by atoms with Crippen LogP contribution >= 0.6 is 0 Å². The summed E-state index contributed by atoms with van der Waals surface area (Å²) in [6.45, 7) is 9.32. The monoisotopic (exact) mass is 266 g/mol. The Labute approximate surface area is 116 Å². The molecule has 0 spiro atoms. The minimum atomic E-state index is -0.393. The van der Waals surface area contributed by atoms with Gasteiger partial charge in [0.05, 0.1) is 24.1 Å². The fourth-order valence-corrected chi connectivity index (χ4v) is 1.99. The van der Waals surface area contributed by atoms with Crippen LogP contribution in [0.5, 0.6) is 5.75 Å². The molecule has 108 valence electrons. The third kappa shape index (κ3) is 5.39. The molecular formula is C15H26N2O2. The van der Waals surface area contributed by atoms with Crippen molar-refractivity contribution in [3.8, 4) is 5.75 Å². The number of nitrogen functional groups attached to an aromatic ring is 1. The molecule has 4 nitrogen and oxygen atoms in total. The molecule has 0 aromatic heterocycles. The lowest BCUT2D eigenvalue weighted by atomic mass is 9.89. The molecule has 0 radical (unpaired) electrons. The quantitative estimate of drug-likeness (QED) is 0.693. The van der Waals surface area contributed by atoms with Crippen molar-refractivity contribution in [3.05, 3.63) is 18.2 Å². The summed E-state index contributed by atoms with van der Waals surface area (Å²) >= 11 is 0. The number of nitrogens with two attached hydrogens (primary N) is 1. The number of hydrogen-bond donors (Lipinski definition) is 3. The minimum Gasteiger partial charge on any atom is -0.492 e. The molecule has 0 aliphatic carbocycles. The number of benzene rings is 1. The van der Waals surface area contributed by atoms with Crippen LogP contribution in [-0.4, -0.2) is 24.4 Å². The second-order valence-electron chi connectivity index (χ2n) is 5.95. The Morgan fingerprint density at radius 3 is 2.63 bits per heavy atom. The summed E-state index contributed by atoms with van der Waals surface area (Å²) in [6.07, 6.45) is 0.348. The van der Waals surface area contributed by atoms with Crippen LogP contribution in [0.3, 0.4) is 0 Å². The van der Waals surface area contributed by atoms with Gasteiger partial charge in [-0.15, -0.1) is 0 Å². The Morgan fingerprint density at radius 1 is 1.37 bits per heavy atom. The number of aliphatic hydroxyl groups is 1. The molecule has 1 rings (SSSR count). The van der Waals surface area contributed by atoms with Crippen LogP contribution in [0.25, 0.3) is 0 Å². The van der Waals surface area contributed by atoms with E-state index in [1.807, 2.05) is 25.1 Å². The summed E-state index contributed by atoms with van der Waals surface area (Å²) in [6, 6.07) is 5.62. The van der Waals surface area contributed by atoms with Crippen LogP contribution in [0, 0.1) is 5.41 Å². The molecule has 19 heavy (non-hydrogen) atoms. The minimum absolute atomic E-state index is 0.111. The smallest absolute Gasteiger partial charge is 0.144 e. The molecule has 1 aromatic carbocycles. The molecule has 4 N–H and O–H groups in total. The summed E-state index contributed by atoms with van der Waals surface area (Å²) in [5.74, 6) is 0.679. The van der Waals surface area contributed by atoms with E-state index in [0.29, 0.717) is 24.6 Å². The highest BCUT2D eigenvalue weighted by molar-refractivity contribution is 5.72. The zero-order chi connectivity index (χ0) is 14.5. The highest BCUT2D eigenvalue weighted by Gasteiger charge is 2.16. The van der Waals surface area contributed by atoms with Crippen molar-refractivity contribution in [2.24, 2.45) is 5.41 Å². The second-order valence-corrected chi connectivity index (χ2v) is 5.95. The maximum absolute atomic E-state index is 9.98. The zero-order valence-electron chi connectivity index (χ0n) is 12.4. The first-order valence-corrected chi connectivity index (χ1v) is 6.76. The lowest BCUT2D eigenvalue weighted by Gasteiger charge is -2.23. The van der Waals surface area contributed by atoms with Crippen LogP contribution in [-0.2, 0) is 0 Å². The van der Waals surface area contributed by atoms with Gasteiger partial charge in [0.2, 0.25) is 0 Å². The van der Waals surface area contributed by atoms with Crippen molar-refractivity contribution < 1.29 is 9.84 Å². The van der Waals surface area contributed by atoms with E-state index in [4.69, 9.17) is 10.5 Å². The van der Waals surface area contributed by atoms with Crippen molar-refractivity contribution in [1.82, 2.24) is 0 Å². The molecule has 0 saturated heterocycles. The summed E-state index contributed by atoms with van der Waals surface area (Å²) < 4.78 is 5.44. The fourth-order valence-electron chi connectivity index (χ4n) is 1.99. The van der Waals surface area contributed by atoms with E-state index in [2.05, 4.69) is 26.1 Å². The van der Waals surface area contributed by atoms with Gasteiger partial charge in [0.25, 0.3) is 0 Å². The molecule has 0 fully saturated rings. The Morgan fingerprint density at radius 2 is 2.05 bits per heavy atom. The largest absolute Gasteiger partial charge is 0.492 e. The van der Waals surface area contributed by atoms with E-state index in [1.165, 1.54) is 0 Å². The molecule has 1 unspecified atom stereocenters. The Kier molecular flexibility index (Phi) is 5.48. The van der Waals surface area contributed by atoms with Gasteiger partial charge in [-0.3, -0.25) is 0 Å². The van der Waals surface area contributed by atoms with Gasteiger partial charge < -0.3 is 20.9 Å². The number of aliphatic hydroxyl groups excluding tert-OH is 1. The third-order valence-electron chi connectivity index (χ3n) is 2.74. The SMILES string of the molecule is CCOc1cccc(NCC(O)CC(C)(C)C)c1N. The molecular weight excluding hydrogens is 240 g/mol. The van der Waals surface area contributed by atoms with Crippen molar-refractivity contribution in [2.45, 2.75) is 40.2 Å². The molecule has 0 bridgehead atoms. The Hall–Kier alpha value is -1.42. The van der Waals surface area contributed by atoms with Gasteiger partial charge in [-0.25, -0.2) is 0 Å². The predicted molar refractivity (Wildman–Crippen MR) is 80.6 cm³/mol. The number of hydrogen-bond acceptors (Lipinski definition) is 4. The van der Waals surface area contributed by atoms with Crippen LogP contribution in [0.1, 0.15) is 34.1 Å². The van der Waals surface area contributed by atoms with E-state index >= 15 is 0 Å². The number of rotatable bonds is 6. The van der Waals surface area contributed by atoms with E-state index in [9.17, 15) is 5.11 Å². The van der Waals surface area contributed by atoms with E-state index in [0.717, 1.165) is 12.1 Å². The molecule has 1 atom stereocenters. The molecule has 0 saturated carbocycles. The summed E-state index contributed by atoms with van der Waals surface area (Å²) in [5, 5.41) is 13.2. The molecule has 0 aliphatic heterocycles. The number of anilines is 2. The highest BCUT2D eigenvalue weighted by Crippen LogP contribution is 2.29. The van der Waals surface area contributed by atoms with Gasteiger partial charge in [0, 0.05) is 6.54 Å². The zero-order valence-corrected chi connectivity index (χ0v) is 12.4. The molecule has 0 amide bonds. The normalized spacial score (nSPS) is 13.1. The fraction of sp³-hybridized carbons (Fsp3) is 0.600. The molecule has 1 aromatic rings. The lowest BCUT2D eigenvalue weighted by Crippen LogP contribution is -2.25.